The monoisotopic (exact) mass is 430 g/mol. The van der Waals surface area contributed by atoms with Gasteiger partial charge in [0.15, 0.2) is 0 Å². The zero-order valence-corrected chi connectivity index (χ0v) is 16.0. The number of nitrogens with zero attached hydrogens (tertiary/aromatic N) is 1. The number of aliphatic imine (C=N–C) groups is 1. The Morgan fingerprint density at radius 1 is 1.30 bits per heavy atom. The van der Waals surface area contributed by atoms with Gasteiger partial charge < -0.3 is 20.3 Å². The maximum absolute atomic E-state index is 15.1. The Labute approximate surface area is 170 Å². The molecule has 0 radical (unpaired) electrons. The minimum Gasteiger partial charge on any atom is -0.481 e. The predicted molar refractivity (Wildman–Crippen MR) is 101 cm³/mol. The number of carboxylic acids is 1. The highest BCUT2D eigenvalue weighted by Gasteiger charge is 2.48. The summed E-state index contributed by atoms with van der Waals surface area (Å²) in [6.07, 6.45) is -0.0562. The van der Waals surface area contributed by atoms with Crippen molar-refractivity contribution in [3.05, 3.63) is 35.4 Å². The number of hydrogen-bond donors (Lipinski definition) is 2. The van der Waals surface area contributed by atoms with Crippen LogP contribution in [-0.2, 0) is 9.53 Å². The number of hydrogen-bond acceptors (Lipinski definition) is 5. The lowest BCUT2D eigenvalue weighted by molar-refractivity contribution is -0.144. The summed E-state index contributed by atoms with van der Waals surface area (Å²) in [7, 11) is 0. The molecule has 1 unspecified atom stereocenters. The van der Waals surface area contributed by atoms with E-state index < -0.39 is 36.4 Å². The molecule has 0 amide bonds. The summed E-state index contributed by atoms with van der Waals surface area (Å²) in [6.45, 7) is -2.21. The van der Waals surface area contributed by atoms with E-state index in [1.54, 1.807) is 0 Å². The quantitative estimate of drug-likeness (QED) is 0.695. The number of benzene rings is 1. The second kappa shape index (κ2) is 9.03. The summed E-state index contributed by atoms with van der Waals surface area (Å²) >= 11 is 0. The van der Waals surface area contributed by atoms with Gasteiger partial charge in [-0.1, -0.05) is 12.1 Å². The fourth-order valence-corrected chi connectivity index (χ4v) is 3.69. The SMILES string of the molecule is N/C(=C1\C(=NC2CCOCC2)CC(C(=O)O)CC1(F)F)c1cccc(OC(F)F)c1. The Bertz CT molecular complexity index is 851. The fourth-order valence-electron chi connectivity index (χ4n) is 3.69. The average molecular weight is 430 g/mol. The molecule has 1 heterocycles. The van der Waals surface area contributed by atoms with E-state index >= 15 is 8.78 Å². The summed E-state index contributed by atoms with van der Waals surface area (Å²) in [5, 5.41) is 9.31. The summed E-state index contributed by atoms with van der Waals surface area (Å²) in [4.78, 5) is 15.9. The van der Waals surface area contributed by atoms with Crippen molar-refractivity contribution in [2.45, 2.75) is 44.3 Å². The molecule has 0 bridgehead atoms. The van der Waals surface area contributed by atoms with Crippen LogP contribution in [0.1, 0.15) is 31.2 Å². The standard InChI is InChI=1S/C20H22F4N2O4/c21-19(22)30-14-3-1-2-11(8-14)17(25)16-15(26-13-4-6-29-7-5-13)9-12(18(27)28)10-20(16,23)24/h1-3,8,12-13,19H,4-7,9-10,25H2,(H,27,28)/b17-16+,26-15?. The van der Waals surface area contributed by atoms with Crippen LogP contribution >= 0.6 is 0 Å². The Morgan fingerprint density at radius 3 is 2.63 bits per heavy atom. The predicted octanol–water partition coefficient (Wildman–Crippen LogP) is 3.71. The minimum atomic E-state index is -3.55. The van der Waals surface area contributed by atoms with E-state index in [2.05, 4.69) is 9.73 Å². The van der Waals surface area contributed by atoms with Crippen LogP contribution in [0.3, 0.4) is 0 Å². The molecule has 2 fully saturated rings. The normalized spacial score (nSPS) is 25.4. The van der Waals surface area contributed by atoms with E-state index in [0.29, 0.717) is 26.1 Å². The van der Waals surface area contributed by atoms with Gasteiger partial charge in [-0.3, -0.25) is 9.79 Å². The number of rotatable bonds is 5. The fraction of sp³-hybridized carbons (Fsp3) is 0.500. The number of aliphatic carboxylic acids is 1. The van der Waals surface area contributed by atoms with Crippen LogP contribution in [0.25, 0.3) is 5.70 Å². The van der Waals surface area contributed by atoms with Gasteiger partial charge in [0.25, 0.3) is 5.92 Å². The number of nitrogens with two attached hydrogens (primary N) is 1. The number of ether oxygens (including phenoxy) is 2. The van der Waals surface area contributed by atoms with Crippen LogP contribution in [-0.4, -0.2) is 48.6 Å². The summed E-state index contributed by atoms with van der Waals surface area (Å²) in [5.41, 5.74) is 5.17. The maximum atomic E-state index is 15.1. The van der Waals surface area contributed by atoms with Gasteiger partial charge >= 0.3 is 12.6 Å². The Hall–Kier alpha value is -2.62. The second-order valence-corrected chi connectivity index (χ2v) is 7.26. The van der Waals surface area contributed by atoms with Gasteiger partial charge in [-0.15, -0.1) is 0 Å². The molecule has 2 aliphatic rings. The van der Waals surface area contributed by atoms with Crippen molar-refractivity contribution in [3.8, 4) is 5.75 Å². The van der Waals surface area contributed by atoms with Crippen molar-refractivity contribution in [1.82, 2.24) is 0 Å². The highest BCUT2D eigenvalue weighted by Crippen LogP contribution is 2.43. The zero-order chi connectivity index (χ0) is 21.9. The molecule has 1 saturated carbocycles. The van der Waals surface area contributed by atoms with Gasteiger partial charge in [0.05, 0.1) is 23.2 Å². The van der Waals surface area contributed by atoms with Gasteiger partial charge in [-0.05, 0) is 25.0 Å². The van der Waals surface area contributed by atoms with E-state index in [9.17, 15) is 18.7 Å². The third-order valence-corrected chi connectivity index (χ3v) is 5.11. The Balaban J connectivity index is 2.06. The number of halogens is 4. The first-order valence-corrected chi connectivity index (χ1v) is 9.48. The smallest absolute Gasteiger partial charge is 0.387 e. The molecular weight excluding hydrogens is 408 g/mol. The second-order valence-electron chi connectivity index (χ2n) is 7.26. The van der Waals surface area contributed by atoms with E-state index in [1.165, 1.54) is 18.2 Å². The molecule has 3 N–H and O–H groups in total. The maximum Gasteiger partial charge on any atom is 0.387 e. The first-order valence-electron chi connectivity index (χ1n) is 9.48. The Morgan fingerprint density at radius 2 is 2.00 bits per heavy atom. The molecule has 10 heteroatoms. The summed E-state index contributed by atoms with van der Waals surface area (Å²) in [6, 6.07) is 4.86. The molecule has 6 nitrogen and oxygen atoms in total. The summed E-state index contributed by atoms with van der Waals surface area (Å²) in [5.74, 6) is -6.41. The van der Waals surface area contributed by atoms with Gasteiger partial charge in [0.1, 0.15) is 5.75 Å². The van der Waals surface area contributed by atoms with Gasteiger partial charge in [0.2, 0.25) is 0 Å². The molecule has 1 saturated heterocycles. The van der Waals surface area contributed by atoms with Crippen molar-refractivity contribution in [1.29, 1.82) is 0 Å². The molecule has 0 aromatic heterocycles. The lowest BCUT2D eigenvalue weighted by Crippen LogP contribution is -2.40. The molecule has 0 spiro atoms. The third-order valence-electron chi connectivity index (χ3n) is 5.11. The number of alkyl halides is 4. The van der Waals surface area contributed by atoms with Crippen LogP contribution in [0.4, 0.5) is 17.6 Å². The largest absolute Gasteiger partial charge is 0.481 e. The molecule has 1 aromatic carbocycles. The molecule has 1 aliphatic heterocycles. The number of carboxylic acid groups (broad SMARTS) is 1. The van der Waals surface area contributed by atoms with Gasteiger partial charge in [-0.2, -0.15) is 8.78 Å². The number of carbonyl (C=O) groups is 1. The lowest BCUT2D eigenvalue weighted by atomic mass is 9.79. The van der Waals surface area contributed by atoms with E-state index in [4.69, 9.17) is 10.5 Å². The third kappa shape index (κ3) is 5.10. The van der Waals surface area contributed by atoms with Crippen LogP contribution in [0, 0.1) is 5.92 Å². The summed E-state index contributed by atoms with van der Waals surface area (Å²) < 4.78 is 64.7. The lowest BCUT2D eigenvalue weighted by Gasteiger charge is -2.33. The van der Waals surface area contributed by atoms with Crippen LogP contribution in [0.2, 0.25) is 0 Å². The van der Waals surface area contributed by atoms with Crippen molar-refractivity contribution < 1.29 is 36.9 Å². The first kappa shape index (κ1) is 22.1. The molecule has 1 aliphatic carbocycles. The first-order chi connectivity index (χ1) is 14.2. The van der Waals surface area contributed by atoms with Crippen molar-refractivity contribution in [3.63, 3.8) is 0 Å². The van der Waals surface area contributed by atoms with Crippen LogP contribution < -0.4 is 10.5 Å². The van der Waals surface area contributed by atoms with Crippen LogP contribution in [0.15, 0.2) is 34.8 Å². The Kier molecular flexibility index (Phi) is 6.64. The molecule has 164 valence electrons. The highest BCUT2D eigenvalue weighted by atomic mass is 19.3. The average Bonchev–Trinajstić information content (AvgIpc) is 2.67. The molecular formula is C20H22F4N2O4. The molecule has 3 rings (SSSR count). The zero-order valence-electron chi connectivity index (χ0n) is 16.0. The molecule has 1 atom stereocenters. The minimum absolute atomic E-state index is 0.0660. The topological polar surface area (TPSA) is 94.1 Å². The molecule has 30 heavy (non-hydrogen) atoms. The van der Waals surface area contributed by atoms with Gasteiger partial charge in [-0.25, -0.2) is 8.78 Å². The highest BCUT2D eigenvalue weighted by molar-refractivity contribution is 6.09. The van der Waals surface area contributed by atoms with E-state index in [1.807, 2.05) is 0 Å². The number of allylic oxidation sites excluding steroid dienone is 1. The van der Waals surface area contributed by atoms with Crippen molar-refractivity contribution in [2.24, 2.45) is 16.6 Å². The van der Waals surface area contributed by atoms with Crippen molar-refractivity contribution in [2.75, 3.05) is 13.2 Å². The van der Waals surface area contributed by atoms with E-state index in [-0.39, 0.29) is 35.2 Å². The van der Waals surface area contributed by atoms with Gasteiger partial charge in [0, 0.05) is 37.3 Å². The molecule has 1 aromatic rings. The van der Waals surface area contributed by atoms with Crippen molar-refractivity contribution >= 4 is 17.4 Å². The van der Waals surface area contributed by atoms with Crippen LogP contribution in [0.5, 0.6) is 5.75 Å². The van der Waals surface area contributed by atoms with E-state index in [0.717, 1.165) is 6.07 Å².